The third kappa shape index (κ3) is 12.6. The van der Waals surface area contributed by atoms with Gasteiger partial charge in [0.2, 0.25) is 11.8 Å². The Morgan fingerprint density at radius 1 is 0.836 bits per heavy atom. The summed E-state index contributed by atoms with van der Waals surface area (Å²) in [5.74, 6) is -1.30. The van der Waals surface area contributed by atoms with E-state index in [1.807, 2.05) is 54.6 Å². The Kier molecular flexibility index (Phi) is 14.0. The molecule has 2 amide bonds. The Morgan fingerprint density at radius 2 is 1.51 bits per heavy atom. The molecular weight excluding hydrogens is 728 g/mol. The quantitative estimate of drug-likeness (QED) is 0.0700. The zero-order valence-corrected chi connectivity index (χ0v) is 30.1. The molecule has 0 bridgehead atoms. The number of halogens is 6. The fourth-order valence-corrected chi connectivity index (χ4v) is 5.98. The van der Waals surface area contributed by atoms with E-state index in [2.05, 4.69) is 9.64 Å². The smallest absolute Gasteiger partial charge is 0.406 e. The lowest BCUT2D eigenvalue weighted by Gasteiger charge is -2.33. The Balaban J connectivity index is 1.36. The molecule has 1 fully saturated rings. The first kappa shape index (κ1) is 40.8. The minimum absolute atomic E-state index is 0.0371. The van der Waals surface area contributed by atoms with E-state index in [0.29, 0.717) is 24.3 Å². The molecule has 0 radical (unpaired) electrons. The van der Waals surface area contributed by atoms with Crippen LogP contribution in [0.15, 0.2) is 109 Å². The summed E-state index contributed by atoms with van der Waals surface area (Å²) >= 11 is 0. The van der Waals surface area contributed by atoms with Crippen molar-refractivity contribution in [3.05, 3.63) is 137 Å². The van der Waals surface area contributed by atoms with E-state index in [9.17, 15) is 35.9 Å². The van der Waals surface area contributed by atoms with Gasteiger partial charge in [-0.25, -0.2) is 0 Å². The maximum atomic E-state index is 14.3. The number of benzene rings is 4. The highest BCUT2D eigenvalue weighted by Gasteiger charge is 2.33. The third-order valence-electron chi connectivity index (χ3n) is 8.89. The van der Waals surface area contributed by atoms with Crippen LogP contribution in [0.4, 0.5) is 32.0 Å². The molecule has 4 aromatic rings. The summed E-state index contributed by atoms with van der Waals surface area (Å²) in [6, 6.07) is 25.6. The van der Waals surface area contributed by atoms with E-state index in [1.54, 1.807) is 13.1 Å². The highest BCUT2D eigenvalue weighted by molar-refractivity contribution is 5.95. The summed E-state index contributed by atoms with van der Waals surface area (Å²) in [6.07, 6.45) is -6.53. The molecule has 5 rings (SSSR count). The van der Waals surface area contributed by atoms with E-state index in [4.69, 9.17) is 9.47 Å². The number of morpholine rings is 1. The van der Waals surface area contributed by atoms with Gasteiger partial charge in [-0.15, -0.1) is 13.2 Å². The van der Waals surface area contributed by atoms with Crippen LogP contribution in [0, 0.1) is 0 Å². The van der Waals surface area contributed by atoms with E-state index in [1.165, 1.54) is 52.3 Å². The van der Waals surface area contributed by atoms with Crippen LogP contribution in [0.25, 0.3) is 6.08 Å². The zero-order valence-electron chi connectivity index (χ0n) is 30.1. The molecule has 0 unspecified atom stereocenters. The number of likely N-dealkylation sites (N-methyl/N-ethyl adjacent to an activating group) is 1. The molecule has 292 valence electrons. The Morgan fingerprint density at radius 3 is 2.16 bits per heavy atom. The van der Waals surface area contributed by atoms with E-state index < -0.39 is 36.0 Å². The van der Waals surface area contributed by atoms with Gasteiger partial charge in [0.25, 0.3) is 0 Å². The fraction of sp³-hybridized carbons (Fsp3) is 0.317. The number of ether oxygens (including phenoxy) is 3. The van der Waals surface area contributed by atoms with Crippen LogP contribution in [0.1, 0.15) is 27.8 Å². The van der Waals surface area contributed by atoms with Crippen molar-refractivity contribution in [3.8, 4) is 5.75 Å². The molecule has 1 atom stereocenters. The standard InChI is InChI=1S/C41H41F6N3O5/c1-48(20-23-54-29-33-8-5-9-36(26-33)55-41(45,46)47)39(52)37(27-31-6-3-2-4-7-31)50(28-32-12-17-35(18-13-32)49-21-24-53-25-22-49)38(51)19-14-30-10-15-34(16-11-30)40(42,43)44/h2-19,26,37H,20-25,27-29H2,1H3/t37-/m0/s1. The molecule has 1 aliphatic rings. The summed E-state index contributed by atoms with van der Waals surface area (Å²) in [5.41, 5.74) is 2.52. The molecule has 55 heavy (non-hydrogen) atoms. The largest absolute Gasteiger partial charge is 0.573 e. The minimum Gasteiger partial charge on any atom is -0.406 e. The van der Waals surface area contributed by atoms with E-state index in [-0.39, 0.29) is 38.5 Å². The number of anilines is 1. The lowest BCUT2D eigenvalue weighted by atomic mass is 10.0. The van der Waals surface area contributed by atoms with Crippen molar-refractivity contribution in [1.82, 2.24) is 9.80 Å². The SMILES string of the molecule is CN(CCOCc1cccc(OC(F)(F)F)c1)C(=O)[C@H](Cc1ccccc1)N(Cc1ccc(N2CCOCC2)cc1)C(=O)C=Cc1ccc(C(F)(F)F)cc1. The van der Waals surface area contributed by atoms with Crippen LogP contribution in [-0.2, 0) is 44.8 Å². The normalized spacial score (nSPS) is 14.1. The molecule has 0 spiro atoms. The molecule has 0 N–H and O–H groups in total. The first-order valence-corrected chi connectivity index (χ1v) is 17.5. The van der Waals surface area contributed by atoms with Crippen LogP contribution in [0.5, 0.6) is 5.75 Å². The van der Waals surface area contributed by atoms with Crippen molar-refractivity contribution >= 4 is 23.6 Å². The van der Waals surface area contributed by atoms with Crippen molar-refractivity contribution in [3.63, 3.8) is 0 Å². The van der Waals surface area contributed by atoms with Crippen molar-refractivity contribution < 1.29 is 50.1 Å². The first-order valence-electron chi connectivity index (χ1n) is 17.5. The second-order valence-corrected chi connectivity index (χ2v) is 12.9. The third-order valence-corrected chi connectivity index (χ3v) is 8.89. The second kappa shape index (κ2) is 18.8. The highest BCUT2D eigenvalue weighted by Crippen LogP contribution is 2.29. The van der Waals surface area contributed by atoms with Gasteiger partial charge < -0.3 is 28.9 Å². The van der Waals surface area contributed by atoms with Gasteiger partial charge in [-0.2, -0.15) is 13.2 Å². The number of carbonyl (C=O) groups excluding carboxylic acids is 2. The second-order valence-electron chi connectivity index (χ2n) is 12.9. The molecular formula is C41H41F6N3O5. The molecule has 0 aromatic heterocycles. The molecule has 1 aliphatic heterocycles. The zero-order chi connectivity index (χ0) is 39.4. The molecule has 8 nitrogen and oxygen atoms in total. The highest BCUT2D eigenvalue weighted by atomic mass is 19.4. The van der Waals surface area contributed by atoms with Crippen molar-refractivity contribution in [2.24, 2.45) is 0 Å². The fourth-order valence-electron chi connectivity index (χ4n) is 5.98. The number of hydrogen-bond acceptors (Lipinski definition) is 6. The van der Waals surface area contributed by atoms with E-state index in [0.717, 1.165) is 42.0 Å². The van der Waals surface area contributed by atoms with Crippen molar-refractivity contribution in [2.75, 3.05) is 51.4 Å². The molecule has 14 heteroatoms. The maximum absolute atomic E-state index is 14.3. The average Bonchev–Trinajstić information content (AvgIpc) is 3.17. The topological polar surface area (TPSA) is 71.6 Å². The van der Waals surface area contributed by atoms with Gasteiger partial charge in [0.1, 0.15) is 11.8 Å². The number of carbonyl (C=O) groups is 2. The molecule has 0 saturated carbocycles. The van der Waals surface area contributed by atoms with E-state index >= 15 is 0 Å². The van der Waals surface area contributed by atoms with Gasteiger partial charge in [-0.05, 0) is 64.7 Å². The monoisotopic (exact) mass is 769 g/mol. The van der Waals surface area contributed by atoms with Crippen LogP contribution < -0.4 is 9.64 Å². The van der Waals surface area contributed by atoms with Crippen LogP contribution in [0.2, 0.25) is 0 Å². The van der Waals surface area contributed by atoms with Gasteiger partial charge in [0, 0.05) is 51.4 Å². The number of amides is 2. The van der Waals surface area contributed by atoms with Gasteiger partial charge in [-0.1, -0.05) is 66.7 Å². The van der Waals surface area contributed by atoms with Gasteiger partial charge in [-0.3, -0.25) is 9.59 Å². The molecule has 1 heterocycles. The summed E-state index contributed by atoms with van der Waals surface area (Å²) in [6.45, 7) is 2.84. The summed E-state index contributed by atoms with van der Waals surface area (Å²) < 4.78 is 92.6. The lowest BCUT2D eigenvalue weighted by molar-refractivity contribution is -0.274. The summed E-state index contributed by atoms with van der Waals surface area (Å²) in [4.78, 5) is 33.5. The lowest BCUT2D eigenvalue weighted by Crippen LogP contribution is -2.51. The van der Waals surface area contributed by atoms with Crippen molar-refractivity contribution in [2.45, 2.75) is 38.2 Å². The van der Waals surface area contributed by atoms with Crippen molar-refractivity contribution in [1.29, 1.82) is 0 Å². The average molecular weight is 770 g/mol. The Hall–Kier alpha value is -5.34. The van der Waals surface area contributed by atoms with Gasteiger partial charge in [0.05, 0.1) is 32.0 Å². The predicted molar refractivity (Wildman–Crippen MR) is 195 cm³/mol. The molecule has 4 aromatic carbocycles. The molecule has 0 aliphatic carbocycles. The maximum Gasteiger partial charge on any atom is 0.573 e. The van der Waals surface area contributed by atoms with Crippen LogP contribution >= 0.6 is 0 Å². The summed E-state index contributed by atoms with van der Waals surface area (Å²) in [7, 11) is 1.57. The Bertz CT molecular complexity index is 1860. The number of hydrogen-bond donors (Lipinski definition) is 0. The Labute approximate surface area is 315 Å². The first-order chi connectivity index (χ1) is 26.2. The number of alkyl halides is 6. The number of nitrogens with zero attached hydrogens (tertiary/aromatic N) is 3. The minimum atomic E-state index is -4.83. The molecule has 1 saturated heterocycles. The van der Waals surface area contributed by atoms with Crippen LogP contribution in [0.3, 0.4) is 0 Å². The number of rotatable bonds is 15. The van der Waals surface area contributed by atoms with Gasteiger partial charge >= 0.3 is 12.5 Å². The van der Waals surface area contributed by atoms with Gasteiger partial charge in [0.15, 0.2) is 0 Å². The predicted octanol–water partition coefficient (Wildman–Crippen LogP) is 7.77. The summed E-state index contributed by atoms with van der Waals surface area (Å²) in [5, 5.41) is 0. The van der Waals surface area contributed by atoms with Crippen LogP contribution in [-0.4, -0.2) is 80.5 Å².